The molecule has 0 aliphatic carbocycles. The van der Waals surface area contributed by atoms with Crippen molar-refractivity contribution >= 4 is 40.0 Å². The maximum Gasteiger partial charge on any atom is 0.216 e. The molecule has 0 saturated carbocycles. The van der Waals surface area contributed by atoms with E-state index in [1.165, 1.54) is 5.56 Å². The summed E-state index contributed by atoms with van der Waals surface area (Å²) < 4.78 is 32.0. The second kappa shape index (κ2) is 13.5. The Labute approximate surface area is 199 Å². The minimum Gasteiger partial charge on any atom is -0.378 e. The van der Waals surface area contributed by atoms with Crippen molar-refractivity contribution in [3.05, 3.63) is 35.9 Å². The van der Waals surface area contributed by atoms with E-state index in [9.17, 15) is 8.42 Å². The van der Waals surface area contributed by atoms with E-state index >= 15 is 0 Å². The minimum atomic E-state index is -3.28. The van der Waals surface area contributed by atoms with Gasteiger partial charge < -0.3 is 15.0 Å². The summed E-state index contributed by atoms with van der Waals surface area (Å²) in [5.74, 6) is 1.28. The number of hydrogen-bond acceptors (Lipinski definition) is 4. The van der Waals surface area contributed by atoms with Gasteiger partial charge in [-0.25, -0.2) is 8.42 Å². The molecule has 1 atom stereocenters. The second-order valence-electron chi connectivity index (χ2n) is 7.57. The number of aliphatic imine (C=N–C) groups is 1. The minimum absolute atomic E-state index is 0. The van der Waals surface area contributed by atoms with Gasteiger partial charge in [0.2, 0.25) is 10.0 Å². The van der Waals surface area contributed by atoms with E-state index in [0.717, 1.165) is 18.9 Å². The molecule has 30 heavy (non-hydrogen) atoms. The zero-order valence-corrected chi connectivity index (χ0v) is 21.7. The normalized spacial score (nSPS) is 17.0. The van der Waals surface area contributed by atoms with Gasteiger partial charge in [-0.2, -0.15) is 4.31 Å². The van der Waals surface area contributed by atoms with Crippen LogP contribution >= 0.6 is 24.0 Å². The van der Waals surface area contributed by atoms with E-state index in [2.05, 4.69) is 46.4 Å². The van der Waals surface area contributed by atoms with E-state index in [1.807, 2.05) is 19.9 Å². The molecule has 1 fully saturated rings. The van der Waals surface area contributed by atoms with Crippen molar-refractivity contribution in [2.75, 3.05) is 52.1 Å². The van der Waals surface area contributed by atoms with Crippen molar-refractivity contribution < 1.29 is 13.2 Å². The van der Waals surface area contributed by atoms with Gasteiger partial charge in [0.15, 0.2) is 5.96 Å². The number of guanidine groups is 1. The number of halogens is 1. The highest BCUT2D eigenvalue weighted by atomic mass is 127. The van der Waals surface area contributed by atoms with Crippen molar-refractivity contribution in [1.82, 2.24) is 14.5 Å². The number of rotatable bonds is 9. The molecule has 0 spiro atoms. The highest BCUT2D eigenvalue weighted by Crippen LogP contribution is 2.18. The summed E-state index contributed by atoms with van der Waals surface area (Å²) in [6.07, 6.45) is 1.08. The van der Waals surface area contributed by atoms with Crippen LogP contribution in [0, 0.1) is 0 Å². The number of ether oxygens (including phenoxy) is 1. The first-order chi connectivity index (χ1) is 13.9. The van der Waals surface area contributed by atoms with Crippen LogP contribution in [0.15, 0.2) is 35.3 Å². The number of hydrogen-bond donors (Lipinski definition) is 1. The van der Waals surface area contributed by atoms with Gasteiger partial charge in [0.05, 0.1) is 18.5 Å². The molecular weight excluding hydrogens is 515 g/mol. The molecule has 0 bridgehead atoms. The van der Waals surface area contributed by atoms with Crippen LogP contribution in [0.4, 0.5) is 0 Å². The Morgan fingerprint density at radius 1 is 1.17 bits per heavy atom. The van der Waals surface area contributed by atoms with Gasteiger partial charge in [0, 0.05) is 45.7 Å². The summed E-state index contributed by atoms with van der Waals surface area (Å²) in [7, 11) is -1.50. The van der Waals surface area contributed by atoms with Gasteiger partial charge in [-0.1, -0.05) is 37.3 Å². The quantitative estimate of drug-likeness (QED) is 0.290. The zero-order valence-electron chi connectivity index (χ0n) is 18.6. The molecule has 1 aromatic rings. The van der Waals surface area contributed by atoms with Gasteiger partial charge in [-0.3, -0.25) is 4.99 Å². The third-order valence-electron chi connectivity index (χ3n) is 5.21. The highest BCUT2D eigenvalue weighted by Gasteiger charge is 2.28. The monoisotopic (exact) mass is 552 g/mol. The predicted octanol–water partition coefficient (Wildman–Crippen LogP) is 2.75. The lowest BCUT2D eigenvalue weighted by Crippen LogP contribution is -2.54. The topological polar surface area (TPSA) is 74.2 Å². The molecule has 1 heterocycles. The van der Waals surface area contributed by atoms with E-state index in [1.54, 1.807) is 11.4 Å². The van der Waals surface area contributed by atoms with Crippen LogP contribution in [0.2, 0.25) is 0 Å². The Morgan fingerprint density at radius 3 is 2.33 bits per heavy atom. The molecule has 0 radical (unpaired) electrons. The molecule has 1 N–H and O–H groups in total. The van der Waals surface area contributed by atoms with Crippen molar-refractivity contribution in [1.29, 1.82) is 0 Å². The van der Waals surface area contributed by atoms with Crippen LogP contribution in [-0.4, -0.2) is 81.8 Å². The van der Waals surface area contributed by atoms with Crippen molar-refractivity contribution in [2.45, 2.75) is 39.2 Å². The average molecular weight is 553 g/mol. The Hall–Kier alpha value is -0.910. The van der Waals surface area contributed by atoms with Crippen molar-refractivity contribution in [3.8, 4) is 0 Å². The molecule has 1 aliphatic heterocycles. The maximum atomic E-state index is 12.5. The largest absolute Gasteiger partial charge is 0.378 e. The SMILES string of the molecule is CCC(CNC(=NC)N1CCN(S(=O)(=O)CCOC(C)C)CC1)c1ccccc1.I. The molecule has 1 saturated heterocycles. The average Bonchev–Trinajstić information content (AvgIpc) is 2.72. The van der Waals surface area contributed by atoms with E-state index < -0.39 is 10.0 Å². The van der Waals surface area contributed by atoms with E-state index in [4.69, 9.17) is 4.74 Å². The van der Waals surface area contributed by atoms with Crippen molar-refractivity contribution in [2.24, 2.45) is 4.99 Å². The van der Waals surface area contributed by atoms with Gasteiger partial charge in [-0.05, 0) is 25.8 Å². The Kier molecular flexibility index (Phi) is 12.2. The standard InChI is InChI=1S/C21H36N4O3S.HI/c1-5-19(20-9-7-6-8-10-20)17-23-21(22-4)24-11-13-25(14-12-24)29(26,27)16-15-28-18(2)3;/h6-10,18-19H,5,11-17H2,1-4H3,(H,22,23);1H. The molecule has 2 rings (SSSR count). The van der Waals surface area contributed by atoms with Crippen LogP contribution in [-0.2, 0) is 14.8 Å². The molecule has 0 amide bonds. The molecule has 1 unspecified atom stereocenters. The summed E-state index contributed by atoms with van der Waals surface area (Å²) in [5.41, 5.74) is 1.32. The Morgan fingerprint density at radius 2 is 1.80 bits per heavy atom. The Bertz CT molecular complexity index is 736. The Balaban J connectivity index is 0.00000450. The molecule has 172 valence electrons. The van der Waals surface area contributed by atoms with Gasteiger partial charge in [-0.15, -0.1) is 24.0 Å². The first kappa shape index (κ1) is 27.1. The third-order valence-corrected chi connectivity index (χ3v) is 7.04. The maximum absolute atomic E-state index is 12.5. The van der Waals surface area contributed by atoms with Crippen LogP contribution in [0.1, 0.15) is 38.7 Å². The smallest absolute Gasteiger partial charge is 0.216 e. The molecule has 7 nitrogen and oxygen atoms in total. The summed E-state index contributed by atoms with van der Waals surface area (Å²) >= 11 is 0. The van der Waals surface area contributed by atoms with Gasteiger partial charge >= 0.3 is 0 Å². The highest BCUT2D eigenvalue weighted by molar-refractivity contribution is 14.0. The lowest BCUT2D eigenvalue weighted by atomic mass is 9.96. The lowest BCUT2D eigenvalue weighted by molar-refractivity contribution is 0.0904. The number of benzene rings is 1. The molecule has 1 aromatic carbocycles. The van der Waals surface area contributed by atoms with E-state index in [0.29, 0.717) is 32.1 Å². The van der Waals surface area contributed by atoms with Gasteiger partial charge in [0.25, 0.3) is 0 Å². The van der Waals surface area contributed by atoms with Gasteiger partial charge in [0.1, 0.15) is 0 Å². The molecule has 1 aliphatic rings. The summed E-state index contributed by atoms with van der Waals surface area (Å²) in [4.78, 5) is 6.54. The van der Waals surface area contributed by atoms with Crippen LogP contribution in [0.25, 0.3) is 0 Å². The fraction of sp³-hybridized carbons (Fsp3) is 0.667. The van der Waals surface area contributed by atoms with Crippen molar-refractivity contribution in [3.63, 3.8) is 0 Å². The number of piperazine rings is 1. The fourth-order valence-corrected chi connectivity index (χ4v) is 4.75. The number of nitrogens with one attached hydrogen (secondary N) is 1. The number of sulfonamides is 1. The third kappa shape index (κ3) is 8.32. The summed E-state index contributed by atoms with van der Waals surface area (Å²) in [6, 6.07) is 10.5. The predicted molar refractivity (Wildman–Crippen MR) is 134 cm³/mol. The second-order valence-corrected chi connectivity index (χ2v) is 9.65. The summed E-state index contributed by atoms with van der Waals surface area (Å²) in [6.45, 7) is 9.25. The first-order valence-corrected chi connectivity index (χ1v) is 12.1. The van der Waals surface area contributed by atoms with Crippen LogP contribution in [0.3, 0.4) is 0 Å². The fourth-order valence-electron chi connectivity index (χ4n) is 3.47. The van der Waals surface area contributed by atoms with Crippen LogP contribution in [0.5, 0.6) is 0 Å². The number of nitrogens with zero attached hydrogens (tertiary/aromatic N) is 3. The van der Waals surface area contributed by atoms with E-state index in [-0.39, 0.29) is 42.4 Å². The van der Waals surface area contributed by atoms with Crippen LogP contribution < -0.4 is 5.32 Å². The molecule has 9 heteroatoms. The molecule has 0 aromatic heterocycles. The first-order valence-electron chi connectivity index (χ1n) is 10.5. The zero-order chi connectivity index (χ0) is 21.3. The summed E-state index contributed by atoms with van der Waals surface area (Å²) in [5, 5.41) is 3.48. The lowest BCUT2D eigenvalue weighted by Gasteiger charge is -2.36. The molecular formula is C21H37IN4O3S.